The van der Waals surface area contributed by atoms with Crippen LogP contribution in [-0.4, -0.2) is 34.7 Å². The Labute approximate surface area is 138 Å². The van der Waals surface area contributed by atoms with Crippen LogP contribution in [0.15, 0.2) is 18.2 Å². The molecule has 1 saturated carbocycles. The topological polar surface area (TPSA) is 49.3 Å². The quantitative estimate of drug-likeness (QED) is 0.881. The first-order valence-corrected chi connectivity index (χ1v) is 8.92. The zero-order valence-electron chi connectivity index (χ0n) is 11.4. The summed E-state index contributed by atoms with van der Waals surface area (Å²) in [5.74, 6) is 1.89. The van der Waals surface area contributed by atoms with Crippen molar-refractivity contribution in [1.82, 2.24) is 5.32 Å². The van der Waals surface area contributed by atoms with Gasteiger partial charge in [0.25, 0.3) is 0 Å². The average Bonchev–Trinajstić information content (AvgIpc) is 3.15. The lowest BCUT2D eigenvalue weighted by Gasteiger charge is -2.21. The van der Waals surface area contributed by atoms with Crippen molar-refractivity contribution >= 4 is 40.9 Å². The minimum atomic E-state index is -0.728. The van der Waals surface area contributed by atoms with Crippen LogP contribution in [0.3, 0.4) is 0 Å². The second kappa shape index (κ2) is 5.99. The zero-order valence-corrected chi connectivity index (χ0v) is 13.8. The first-order chi connectivity index (χ1) is 9.98. The fraction of sp³-hybridized carbons (Fsp3) is 0.533. The lowest BCUT2D eigenvalue weighted by Crippen LogP contribution is -2.43. The standard InChI is InChI=1S/C15H17Cl2NO2S/c16-12-2-1-9(5-13(12)17)10-6-11(10)14(19)18-7-15(20)3-4-21-8-15/h1-2,5,10-11,20H,3-4,6-8H2,(H,18,19). The molecule has 3 rings (SSSR count). The van der Waals surface area contributed by atoms with Gasteiger partial charge in [0.1, 0.15) is 0 Å². The minimum Gasteiger partial charge on any atom is -0.387 e. The maximum atomic E-state index is 12.2. The van der Waals surface area contributed by atoms with E-state index in [1.165, 1.54) is 0 Å². The van der Waals surface area contributed by atoms with E-state index >= 15 is 0 Å². The molecule has 1 aliphatic carbocycles. The first-order valence-electron chi connectivity index (χ1n) is 7.01. The summed E-state index contributed by atoms with van der Waals surface area (Å²) >= 11 is 13.6. The number of rotatable bonds is 4. The average molecular weight is 346 g/mol. The molecule has 3 atom stereocenters. The van der Waals surface area contributed by atoms with Crippen LogP contribution >= 0.6 is 35.0 Å². The molecule has 1 heterocycles. The van der Waals surface area contributed by atoms with Crippen LogP contribution in [0.4, 0.5) is 0 Å². The van der Waals surface area contributed by atoms with Crippen molar-refractivity contribution in [2.45, 2.75) is 24.4 Å². The Bertz CT molecular complexity index is 561. The summed E-state index contributed by atoms with van der Waals surface area (Å²) in [4.78, 5) is 12.2. The molecule has 2 aliphatic rings. The van der Waals surface area contributed by atoms with Crippen molar-refractivity contribution < 1.29 is 9.90 Å². The molecule has 0 aromatic heterocycles. The van der Waals surface area contributed by atoms with Crippen molar-refractivity contribution in [3.05, 3.63) is 33.8 Å². The zero-order chi connectivity index (χ0) is 15.0. The summed E-state index contributed by atoms with van der Waals surface area (Å²) in [7, 11) is 0. The van der Waals surface area contributed by atoms with Gasteiger partial charge in [0, 0.05) is 18.2 Å². The third-order valence-electron chi connectivity index (χ3n) is 4.17. The van der Waals surface area contributed by atoms with Gasteiger partial charge in [0.2, 0.25) is 5.91 Å². The van der Waals surface area contributed by atoms with E-state index in [0.29, 0.717) is 22.3 Å². The van der Waals surface area contributed by atoms with Gasteiger partial charge in [-0.15, -0.1) is 0 Å². The second-order valence-electron chi connectivity index (χ2n) is 5.87. The van der Waals surface area contributed by atoms with E-state index in [-0.39, 0.29) is 17.7 Å². The Kier molecular flexibility index (Phi) is 4.42. The number of halogens is 2. The summed E-state index contributed by atoms with van der Waals surface area (Å²) in [6.07, 6.45) is 1.58. The van der Waals surface area contributed by atoms with E-state index in [2.05, 4.69) is 5.32 Å². The lowest BCUT2D eigenvalue weighted by molar-refractivity contribution is -0.123. The number of hydrogen-bond donors (Lipinski definition) is 2. The number of carbonyl (C=O) groups is 1. The van der Waals surface area contributed by atoms with Crippen molar-refractivity contribution in [2.75, 3.05) is 18.1 Å². The lowest BCUT2D eigenvalue weighted by atomic mass is 10.0. The van der Waals surface area contributed by atoms with Gasteiger partial charge in [-0.2, -0.15) is 11.8 Å². The van der Waals surface area contributed by atoms with Gasteiger partial charge in [0.05, 0.1) is 15.6 Å². The summed E-state index contributed by atoms with van der Waals surface area (Å²) < 4.78 is 0. The predicted molar refractivity (Wildman–Crippen MR) is 87.2 cm³/mol. The molecular weight excluding hydrogens is 329 g/mol. The monoisotopic (exact) mass is 345 g/mol. The fourth-order valence-electron chi connectivity index (χ4n) is 2.71. The molecule has 0 spiro atoms. The SMILES string of the molecule is O=C(NCC1(O)CCSC1)C1CC1c1ccc(Cl)c(Cl)c1. The van der Waals surface area contributed by atoms with Gasteiger partial charge in [-0.3, -0.25) is 4.79 Å². The highest BCUT2D eigenvalue weighted by Crippen LogP contribution is 2.48. The number of nitrogens with one attached hydrogen (secondary N) is 1. The second-order valence-corrected chi connectivity index (χ2v) is 7.79. The van der Waals surface area contributed by atoms with Gasteiger partial charge < -0.3 is 10.4 Å². The molecule has 1 aliphatic heterocycles. The summed E-state index contributed by atoms with van der Waals surface area (Å²) in [5.41, 5.74) is 0.327. The van der Waals surface area contributed by atoms with Crippen LogP contribution in [-0.2, 0) is 4.79 Å². The van der Waals surface area contributed by atoms with Crippen LogP contribution in [0.1, 0.15) is 24.3 Å². The molecule has 1 aromatic carbocycles. The van der Waals surface area contributed by atoms with E-state index in [1.54, 1.807) is 17.8 Å². The van der Waals surface area contributed by atoms with E-state index in [9.17, 15) is 9.90 Å². The molecule has 1 saturated heterocycles. The number of benzene rings is 1. The van der Waals surface area contributed by atoms with Crippen molar-refractivity contribution in [2.24, 2.45) is 5.92 Å². The Hall–Kier alpha value is -0.420. The molecule has 1 aromatic rings. The van der Waals surface area contributed by atoms with Crippen LogP contribution in [0.5, 0.6) is 0 Å². The van der Waals surface area contributed by atoms with Gasteiger partial charge in [-0.05, 0) is 42.2 Å². The normalized spacial score (nSPS) is 31.2. The number of aliphatic hydroxyl groups is 1. The highest BCUT2D eigenvalue weighted by molar-refractivity contribution is 7.99. The number of hydrogen-bond acceptors (Lipinski definition) is 3. The molecule has 2 fully saturated rings. The third kappa shape index (κ3) is 3.50. The maximum Gasteiger partial charge on any atom is 0.223 e. The Morgan fingerprint density at radius 2 is 2.24 bits per heavy atom. The largest absolute Gasteiger partial charge is 0.387 e. The highest BCUT2D eigenvalue weighted by atomic mass is 35.5. The number of carbonyl (C=O) groups excluding carboxylic acids is 1. The van der Waals surface area contributed by atoms with Crippen LogP contribution < -0.4 is 5.32 Å². The summed E-state index contributed by atoms with van der Waals surface area (Å²) in [6.45, 7) is 0.351. The van der Waals surface area contributed by atoms with Gasteiger partial charge >= 0.3 is 0 Å². The number of amides is 1. The summed E-state index contributed by atoms with van der Waals surface area (Å²) in [5, 5.41) is 14.2. The molecule has 21 heavy (non-hydrogen) atoms. The van der Waals surface area contributed by atoms with E-state index in [0.717, 1.165) is 24.2 Å². The first kappa shape index (κ1) is 15.5. The van der Waals surface area contributed by atoms with Crippen LogP contribution in [0.2, 0.25) is 10.0 Å². The maximum absolute atomic E-state index is 12.2. The highest BCUT2D eigenvalue weighted by Gasteiger charge is 2.44. The molecule has 114 valence electrons. The van der Waals surface area contributed by atoms with E-state index in [1.807, 2.05) is 12.1 Å². The van der Waals surface area contributed by atoms with Gasteiger partial charge in [0.15, 0.2) is 0 Å². The van der Waals surface area contributed by atoms with Crippen LogP contribution in [0.25, 0.3) is 0 Å². The van der Waals surface area contributed by atoms with Crippen molar-refractivity contribution in [3.8, 4) is 0 Å². The Balaban J connectivity index is 1.54. The third-order valence-corrected chi connectivity index (χ3v) is 6.15. The molecule has 3 unspecified atom stereocenters. The van der Waals surface area contributed by atoms with Crippen LogP contribution in [0, 0.1) is 5.92 Å². The smallest absolute Gasteiger partial charge is 0.223 e. The van der Waals surface area contributed by atoms with Crippen molar-refractivity contribution in [3.63, 3.8) is 0 Å². The fourth-order valence-corrected chi connectivity index (χ4v) is 4.32. The molecular formula is C15H17Cl2NO2S. The molecule has 6 heteroatoms. The van der Waals surface area contributed by atoms with Gasteiger partial charge in [-0.1, -0.05) is 29.3 Å². The Morgan fingerprint density at radius 1 is 1.43 bits per heavy atom. The number of thioether (sulfide) groups is 1. The molecule has 0 bridgehead atoms. The van der Waals surface area contributed by atoms with Gasteiger partial charge in [-0.25, -0.2) is 0 Å². The Morgan fingerprint density at radius 3 is 2.90 bits per heavy atom. The molecule has 0 radical (unpaired) electrons. The predicted octanol–water partition coefficient (Wildman–Crippen LogP) is 3.08. The van der Waals surface area contributed by atoms with E-state index < -0.39 is 5.60 Å². The molecule has 1 amide bonds. The summed E-state index contributed by atoms with van der Waals surface area (Å²) in [6, 6.07) is 5.53. The van der Waals surface area contributed by atoms with E-state index in [4.69, 9.17) is 23.2 Å². The molecule has 3 nitrogen and oxygen atoms in total. The minimum absolute atomic E-state index is 0.0140. The van der Waals surface area contributed by atoms with Crippen molar-refractivity contribution in [1.29, 1.82) is 0 Å². The molecule has 2 N–H and O–H groups in total.